The predicted molar refractivity (Wildman–Crippen MR) is 52.7 cm³/mol. The van der Waals surface area contributed by atoms with Gasteiger partial charge in [0.2, 0.25) is 0 Å². The van der Waals surface area contributed by atoms with E-state index < -0.39 is 29.6 Å². The van der Waals surface area contributed by atoms with Gasteiger partial charge in [-0.3, -0.25) is 0 Å². The highest BCUT2D eigenvalue weighted by molar-refractivity contribution is 5.31. The molecule has 1 aromatic carbocycles. The summed E-state index contributed by atoms with van der Waals surface area (Å²) in [6.07, 6.45) is -2.54. The SMILES string of the molecule is NCCC(O)C(O)c1cc(F)c(O)c(F)c1. The molecule has 1 aromatic rings. The average molecular weight is 233 g/mol. The second kappa shape index (κ2) is 5.20. The fourth-order valence-corrected chi connectivity index (χ4v) is 1.31. The Hall–Kier alpha value is -1.24. The Morgan fingerprint density at radius 2 is 1.69 bits per heavy atom. The lowest BCUT2D eigenvalue weighted by atomic mass is 10.0. The Balaban J connectivity index is 2.96. The van der Waals surface area contributed by atoms with Gasteiger partial charge in [-0.2, -0.15) is 0 Å². The van der Waals surface area contributed by atoms with Crippen LogP contribution in [0.4, 0.5) is 8.78 Å². The molecule has 1 rings (SSSR count). The molecule has 16 heavy (non-hydrogen) atoms. The van der Waals surface area contributed by atoms with E-state index in [0.717, 1.165) is 12.1 Å². The molecule has 0 aromatic heterocycles. The maximum atomic E-state index is 12.9. The van der Waals surface area contributed by atoms with Crippen molar-refractivity contribution in [3.8, 4) is 5.75 Å². The largest absolute Gasteiger partial charge is 0.503 e. The van der Waals surface area contributed by atoms with Gasteiger partial charge in [-0.15, -0.1) is 0 Å². The number of benzene rings is 1. The highest BCUT2D eigenvalue weighted by atomic mass is 19.1. The topological polar surface area (TPSA) is 86.7 Å². The molecule has 0 aliphatic heterocycles. The second-order valence-electron chi connectivity index (χ2n) is 3.42. The van der Waals surface area contributed by atoms with Gasteiger partial charge in [-0.25, -0.2) is 8.78 Å². The van der Waals surface area contributed by atoms with Crippen molar-refractivity contribution < 1.29 is 24.1 Å². The van der Waals surface area contributed by atoms with E-state index >= 15 is 0 Å². The minimum Gasteiger partial charge on any atom is -0.503 e. The van der Waals surface area contributed by atoms with Crippen LogP contribution < -0.4 is 5.73 Å². The van der Waals surface area contributed by atoms with E-state index in [1.54, 1.807) is 0 Å². The molecule has 0 radical (unpaired) electrons. The summed E-state index contributed by atoms with van der Waals surface area (Å²) in [6.45, 7) is 0.140. The number of aromatic hydroxyl groups is 1. The van der Waals surface area contributed by atoms with Gasteiger partial charge in [0, 0.05) is 0 Å². The fourth-order valence-electron chi connectivity index (χ4n) is 1.31. The summed E-state index contributed by atoms with van der Waals surface area (Å²) in [5, 5.41) is 27.8. The Labute approximate surface area is 90.9 Å². The summed E-state index contributed by atoms with van der Waals surface area (Å²) in [5.74, 6) is -3.48. The van der Waals surface area contributed by atoms with Gasteiger partial charge in [0.25, 0.3) is 0 Å². The molecule has 6 heteroatoms. The van der Waals surface area contributed by atoms with Crippen molar-refractivity contribution in [3.05, 3.63) is 29.3 Å². The molecule has 0 heterocycles. The highest BCUT2D eigenvalue weighted by Crippen LogP contribution is 2.26. The van der Waals surface area contributed by atoms with Crippen LogP contribution in [0, 0.1) is 11.6 Å². The molecule has 0 aliphatic carbocycles. The Morgan fingerprint density at radius 3 is 2.12 bits per heavy atom. The molecule has 2 atom stereocenters. The average Bonchev–Trinajstić information content (AvgIpc) is 2.24. The fraction of sp³-hybridized carbons (Fsp3) is 0.400. The van der Waals surface area contributed by atoms with Crippen LogP contribution in [0.5, 0.6) is 5.75 Å². The first-order valence-corrected chi connectivity index (χ1v) is 4.71. The number of nitrogens with two attached hydrogens (primary N) is 1. The molecule has 5 N–H and O–H groups in total. The molecule has 0 aliphatic rings. The van der Waals surface area contributed by atoms with Gasteiger partial charge in [0.05, 0.1) is 6.10 Å². The molecule has 0 amide bonds. The van der Waals surface area contributed by atoms with E-state index in [0.29, 0.717) is 0 Å². The zero-order valence-corrected chi connectivity index (χ0v) is 8.40. The van der Waals surface area contributed by atoms with Gasteiger partial charge in [0.15, 0.2) is 17.4 Å². The molecule has 0 bridgehead atoms. The number of phenols is 1. The van der Waals surface area contributed by atoms with Gasteiger partial charge in [-0.1, -0.05) is 0 Å². The van der Waals surface area contributed by atoms with Crippen LogP contribution in [0.25, 0.3) is 0 Å². The number of aliphatic hydroxyl groups is 2. The summed E-state index contributed by atoms with van der Waals surface area (Å²) >= 11 is 0. The summed E-state index contributed by atoms with van der Waals surface area (Å²) in [4.78, 5) is 0. The lowest BCUT2D eigenvalue weighted by Crippen LogP contribution is -2.22. The van der Waals surface area contributed by atoms with E-state index in [1.165, 1.54) is 0 Å². The van der Waals surface area contributed by atoms with Crippen LogP contribution in [0.3, 0.4) is 0 Å². The van der Waals surface area contributed by atoms with Crippen molar-refractivity contribution in [2.45, 2.75) is 18.6 Å². The zero-order valence-electron chi connectivity index (χ0n) is 8.40. The van der Waals surface area contributed by atoms with E-state index in [9.17, 15) is 19.0 Å². The first-order chi connectivity index (χ1) is 7.47. The number of halogens is 2. The molecule has 0 saturated carbocycles. The Bertz CT molecular complexity index is 350. The number of aliphatic hydroxyl groups excluding tert-OH is 2. The van der Waals surface area contributed by atoms with E-state index in [4.69, 9.17) is 10.8 Å². The molecule has 0 saturated heterocycles. The molecule has 0 fully saturated rings. The first-order valence-electron chi connectivity index (χ1n) is 4.71. The minimum atomic E-state index is -1.44. The third kappa shape index (κ3) is 2.66. The van der Waals surface area contributed by atoms with Crippen molar-refractivity contribution in [1.29, 1.82) is 0 Å². The lowest BCUT2D eigenvalue weighted by Gasteiger charge is -2.17. The van der Waals surface area contributed by atoms with E-state index in [1.807, 2.05) is 0 Å². The van der Waals surface area contributed by atoms with Crippen LogP contribution in [0.1, 0.15) is 18.1 Å². The summed E-state index contributed by atoms with van der Waals surface area (Å²) in [5.41, 5.74) is 5.03. The van der Waals surface area contributed by atoms with E-state index in [-0.39, 0.29) is 18.5 Å². The van der Waals surface area contributed by atoms with Crippen molar-refractivity contribution >= 4 is 0 Å². The van der Waals surface area contributed by atoms with Crippen LogP contribution >= 0.6 is 0 Å². The van der Waals surface area contributed by atoms with Crippen LogP contribution in [0.2, 0.25) is 0 Å². The highest BCUT2D eigenvalue weighted by Gasteiger charge is 2.20. The Kier molecular flexibility index (Phi) is 4.17. The van der Waals surface area contributed by atoms with Crippen LogP contribution in [-0.4, -0.2) is 28.0 Å². The molecular weight excluding hydrogens is 220 g/mol. The van der Waals surface area contributed by atoms with Crippen molar-refractivity contribution in [3.63, 3.8) is 0 Å². The molecule has 90 valence electrons. The minimum absolute atomic E-state index is 0.102. The van der Waals surface area contributed by atoms with Crippen molar-refractivity contribution in [2.24, 2.45) is 5.73 Å². The van der Waals surface area contributed by atoms with E-state index in [2.05, 4.69) is 0 Å². The standard InChI is InChI=1S/C10H13F2NO3/c11-6-3-5(4-7(12)10(6)16)9(15)8(14)1-2-13/h3-4,8-9,14-16H,1-2,13H2. The normalized spacial score (nSPS) is 14.8. The number of hydrogen-bond donors (Lipinski definition) is 4. The first kappa shape index (κ1) is 12.8. The number of hydrogen-bond acceptors (Lipinski definition) is 4. The van der Waals surface area contributed by atoms with Crippen LogP contribution in [-0.2, 0) is 0 Å². The molecule has 4 nitrogen and oxygen atoms in total. The number of rotatable bonds is 4. The Morgan fingerprint density at radius 1 is 1.19 bits per heavy atom. The van der Waals surface area contributed by atoms with Crippen LogP contribution in [0.15, 0.2) is 12.1 Å². The third-order valence-corrected chi connectivity index (χ3v) is 2.21. The summed E-state index contributed by atoms with van der Waals surface area (Å²) in [7, 11) is 0. The van der Waals surface area contributed by atoms with Gasteiger partial charge in [-0.05, 0) is 30.7 Å². The molecule has 0 spiro atoms. The smallest absolute Gasteiger partial charge is 0.187 e. The van der Waals surface area contributed by atoms with Crippen molar-refractivity contribution in [1.82, 2.24) is 0 Å². The number of phenolic OH excluding ortho intramolecular Hbond substituents is 1. The predicted octanol–water partition coefficient (Wildman–Crippen LogP) is 0.414. The maximum absolute atomic E-state index is 12.9. The zero-order chi connectivity index (χ0) is 12.3. The van der Waals surface area contributed by atoms with Crippen molar-refractivity contribution in [2.75, 3.05) is 6.54 Å². The molecule has 2 unspecified atom stereocenters. The summed E-state index contributed by atoms with van der Waals surface area (Å²) in [6, 6.07) is 1.53. The monoisotopic (exact) mass is 233 g/mol. The third-order valence-electron chi connectivity index (χ3n) is 2.21. The quantitative estimate of drug-likeness (QED) is 0.606. The lowest BCUT2D eigenvalue weighted by molar-refractivity contribution is 0.0146. The van der Waals surface area contributed by atoms with Gasteiger partial charge in [0.1, 0.15) is 6.10 Å². The van der Waals surface area contributed by atoms with Gasteiger partial charge >= 0.3 is 0 Å². The molecular formula is C10H13F2NO3. The summed E-state index contributed by atoms with van der Waals surface area (Å²) < 4.78 is 25.9. The second-order valence-corrected chi connectivity index (χ2v) is 3.42. The maximum Gasteiger partial charge on any atom is 0.187 e. The van der Waals surface area contributed by atoms with Gasteiger partial charge < -0.3 is 21.1 Å².